The van der Waals surface area contributed by atoms with Gasteiger partial charge in [-0.05, 0) is 62.2 Å². The van der Waals surface area contributed by atoms with Crippen LogP contribution in [0.2, 0.25) is 10.0 Å². The second kappa shape index (κ2) is 9.47. The van der Waals surface area contributed by atoms with Crippen molar-refractivity contribution in [3.63, 3.8) is 0 Å². The summed E-state index contributed by atoms with van der Waals surface area (Å²) in [5.41, 5.74) is 2.27. The van der Waals surface area contributed by atoms with Crippen LogP contribution < -0.4 is 9.62 Å². The average Bonchev–Trinajstić information content (AvgIpc) is 3.13. The molecule has 0 saturated heterocycles. The monoisotopic (exact) mass is 492 g/mol. The highest BCUT2D eigenvalue weighted by Gasteiger charge is 2.35. The Bertz CT molecular complexity index is 1050. The van der Waals surface area contributed by atoms with Crippen LogP contribution in [0.5, 0.6) is 0 Å². The largest absolute Gasteiger partial charge is 0.384 e. The fourth-order valence-electron chi connectivity index (χ4n) is 3.22. The van der Waals surface area contributed by atoms with Crippen LogP contribution in [0, 0.1) is 0 Å². The number of anilines is 2. The molecule has 7 nitrogen and oxygen atoms in total. The Balaban J connectivity index is 2.12. The number of sulfonamides is 1. The third kappa shape index (κ3) is 5.13. The Labute approximate surface area is 186 Å². The lowest BCUT2D eigenvalue weighted by Gasteiger charge is -2.28. The van der Waals surface area contributed by atoms with Crippen LogP contribution in [-0.2, 0) is 30.1 Å². The lowest BCUT2D eigenvalue weighted by molar-refractivity contribution is 0.221. The van der Waals surface area contributed by atoms with Gasteiger partial charge in [0.1, 0.15) is 6.29 Å². The molecule has 164 valence electrons. The number of nitrogens with zero attached hydrogens (tertiary/aromatic N) is 1. The summed E-state index contributed by atoms with van der Waals surface area (Å²) in [4.78, 5) is -0.113. The van der Waals surface area contributed by atoms with Crippen LogP contribution in [-0.4, -0.2) is 34.5 Å². The fourth-order valence-corrected chi connectivity index (χ4v) is 7.60. The normalized spacial score (nSPS) is 13.7. The van der Waals surface area contributed by atoms with E-state index in [-0.39, 0.29) is 28.2 Å². The molecule has 1 aliphatic heterocycles. The molecule has 0 unspecified atom stereocenters. The van der Waals surface area contributed by atoms with Gasteiger partial charge in [0, 0.05) is 22.3 Å². The quantitative estimate of drug-likeness (QED) is 0.473. The summed E-state index contributed by atoms with van der Waals surface area (Å²) < 4.78 is 52.1. The van der Waals surface area contributed by atoms with Crippen LogP contribution >= 0.6 is 30.8 Å². The van der Waals surface area contributed by atoms with Crippen LogP contribution in [0.1, 0.15) is 19.4 Å². The highest BCUT2D eigenvalue weighted by molar-refractivity contribution is 7.93. The number of rotatable bonds is 9. The lowest BCUT2D eigenvalue weighted by Crippen LogP contribution is -2.33. The summed E-state index contributed by atoms with van der Waals surface area (Å²) in [6.07, 6.45) is 0.280. The molecule has 2 aromatic carbocycles. The predicted octanol–water partition coefficient (Wildman–Crippen LogP) is 5.38. The lowest BCUT2D eigenvalue weighted by atomic mass is 10.1. The Kier molecular flexibility index (Phi) is 7.38. The maximum Gasteiger partial charge on any atom is 0.350 e. The second-order valence-electron chi connectivity index (χ2n) is 6.56. The van der Waals surface area contributed by atoms with E-state index in [4.69, 9.17) is 32.2 Å². The van der Waals surface area contributed by atoms with Crippen LogP contribution in [0.4, 0.5) is 11.4 Å². The van der Waals surface area contributed by atoms with Gasteiger partial charge in [-0.15, -0.1) is 0 Å². The standard InChI is InChI=1S/C19H23Cl2N2O5PS/c1-3-27-29(24,28-4-2)13-23(17-5-6-19-14(9-17)7-8-22-19)30(25,26)18-11-15(20)10-16(21)12-18/h5-6,9-12,22H,3-4,7-8,13H2,1-2H3. The van der Waals surface area contributed by atoms with Gasteiger partial charge in [-0.1, -0.05) is 23.2 Å². The van der Waals surface area contributed by atoms with Crippen molar-refractivity contribution in [2.75, 3.05) is 35.7 Å². The van der Waals surface area contributed by atoms with E-state index in [0.717, 1.165) is 28.5 Å². The third-order valence-corrected chi connectivity index (χ3v) is 8.78. The molecular formula is C19H23Cl2N2O5PS. The molecule has 0 aliphatic carbocycles. The van der Waals surface area contributed by atoms with Gasteiger partial charge in [-0.3, -0.25) is 8.87 Å². The van der Waals surface area contributed by atoms with Gasteiger partial charge in [-0.25, -0.2) is 8.42 Å². The molecular weight excluding hydrogens is 470 g/mol. The van der Waals surface area contributed by atoms with Crippen molar-refractivity contribution in [1.82, 2.24) is 0 Å². The summed E-state index contributed by atoms with van der Waals surface area (Å²) in [5.74, 6) is 0. The number of benzene rings is 2. The molecule has 1 heterocycles. The van der Waals surface area contributed by atoms with Gasteiger partial charge in [0.05, 0.1) is 23.8 Å². The summed E-state index contributed by atoms with van der Waals surface area (Å²) in [5, 5.41) is 3.59. The molecule has 30 heavy (non-hydrogen) atoms. The topological polar surface area (TPSA) is 84.9 Å². The minimum absolute atomic E-state index is 0.113. The van der Waals surface area contributed by atoms with E-state index in [1.165, 1.54) is 18.2 Å². The minimum atomic E-state index is -4.17. The molecule has 0 aromatic heterocycles. The van der Waals surface area contributed by atoms with E-state index in [1.807, 2.05) is 0 Å². The van der Waals surface area contributed by atoms with Gasteiger partial charge < -0.3 is 14.4 Å². The van der Waals surface area contributed by atoms with E-state index < -0.39 is 23.9 Å². The van der Waals surface area contributed by atoms with Crippen molar-refractivity contribution in [2.45, 2.75) is 25.2 Å². The summed E-state index contributed by atoms with van der Waals surface area (Å²) in [7, 11) is -7.91. The van der Waals surface area contributed by atoms with Crippen molar-refractivity contribution in [1.29, 1.82) is 0 Å². The molecule has 0 spiro atoms. The van der Waals surface area contributed by atoms with E-state index in [9.17, 15) is 13.0 Å². The van der Waals surface area contributed by atoms with Crippen molar-refractivity contribution < 1.29 is 22.0 Å². The SMILES string of the molecule is CCOP(=O)(CN(c1ccc2c(c1)CCN2)S(=O)(=O)c1cc(Cl)cc(Cl)c1)OCC. The van der Waals surface area contributed by atoms with Crippen molar-refractivity contribution in [3.8, 4) is 0 Å². The first kappa shape index (κ1) is 23.4. The minimum Gasteiger partial charge on any atom is -0.384 e. The van der Waals surface area contributed by atoms with E-state index in [1.54, 1.807) is 32.0 Å². The number of hydrogen-bond donors (Lipinski definition) is 1. The molecule has 3 rings (SSSR count). The zero-order valence-electron chi connectivity index (χ0n) is 16.6. The maximum atomic E-state index is 13.6. The van der Waals surface area contributed by atoms with E-state index >= 15 is 0 Å². The van der Waals surface area contributed by atoms with Crippen LogP contribution in [0.3, 0.4) is 0 Å². The highest BCUT2D eigenvalue weighted by atomic mass is 35.5. The highest BCUT2D eigenvalue weighted by Crippen LogP contribution is 2.50. The predicted molar refractivity (Wildman–Crippen MR) is 120 cm³/mol. The van der Waals surface area contributed by atoms with Crippen LogP contribution in [0.15, 0.2) is 41.3 Å². The zero-order valence-corrected chi connectivity index (χ0v) is 19.8. The van der Waals surface area contributed by atoms with Gasteiger partial charge in [-0.2, -0.15) is 0 Å². The van der Waals surface area contributed by atoms with Crippen molar-refractivity contribution in [2.24, 2.45) is 0 Å². The molecule has 1 N–H and O–H groups in total. The van der Waals surface area contributed by atoms with Gasteiger partial charge in [0.2, 0.25) is 0 Å². The molecule has 0 saturated carbocycles. The van der Waals surface area contributed by atoms with Gasteiger partial charge in [0.25, 0.3) is 10.0 Å². The maximum absolute atomic E-state index is 13.6. The van der Waals surface area contributed by atoms with Crippen molar-refractivity contribution in [3.05, 3.63) is 52.0 Å². The van der Waals surface area contributed by atoms with Crippen LogP contribution in [0.25, 0.3) is 0 Å². The Morgan fingerprint density at radius 3 is 2.30 bits per heavy atom. The Morgan fingerprint density at radius 2 is 1.70 bits per heavy atom. The van der Waals surface area contributed by atoms with E-state index in [2.05, 4.69) is 5.32 Å². The molecule has 0 bridgehead atoms. The van der Waals surface area contributed by atoms with Gasteiger partial charge in [0.15, 0.2) is 0 Å². The summed E-state index contributed by atoms with van der Waals surface area (Å²) in [6, 6.07) is 9.27. The smallest absolute Gasteiger partial charge is 0.350 e. The first-order chi connectivity index (χ1) is 14.2. The number of fused-ring (bicyclic) bond motifs is 1. The Morgan fingerprint density at radius 1 is 1.07 bits per heavy atom. The van der Waals surface area contributed by atoms with E-state index in [0.29, 0.717) is 5.69 Å². The molecule has 0 radical (unpaired) electrons. The second-order valence-corrected chi connectivity index (χ2v) is 11.3. The van der Waals surface area contributed by atoms with Crippen molar-refractivity contribution >= 4 is 52.2 Å². The van der Waals surface area contributed by atoms with Gasteiger partial charge >= 0.3 is 7.60 Å². The third-order valence-electron chi connectivity index (χ3n) is 4.46. The number of nitrogens with one attached hydrogen (secondary N) is 1. The fraction of sp³-hybridized carbons (Fsp3) is 0.368. The first-order valence-corrected chi connectivity index (χ1v) is 13.3. The molecule has 11 heteroatoms. The molecule has 0 atom stereocenters. The number of halogens is 2. The zero-order chi connectivity index (χ0) is 21.9. The average molecular weight is 493 g/mol. The first-order valence-electron chi connectivity index (χ1n) is 9.42. The molecule has 0 fully saturated rings. The Hall–Kier alpha value is -1.28. The number of hydrogen-bond acceptors (Lipinski definition) is 6. The molecule has 0 amide bonds. The summed E-state index contributed by atoms with van der Waals surface area (Å²) >= 11 is 12.1. The summed E-state index contributed by atoms with van der Waals surface area (Å²) in [6.45, 7) is 4.33. The molecule has 2 aromatic rings. The molecule has 1 aliphatic rings.